The van der Waals surface area contributed by atoms with Crippen molar-refractivity contribution in [2.24, 2.45) is 0 Å². The third-order valence-corrected chi connectivity index (χ3v) is 4.87. The highest BCUT2D eigenvalue weighted by atomic mass is 16.5. The number of rotatable bonds is 7. The normalized spacial score (nSPS) is 14.3. The molecule has 1 aromatic heterocycles. The molecular weight excluding hydrogens is 370 g/mol. The molecule has 154 valence electrons. The molecule has 1 saturated heterocycles. The summed E-state index contributed by atoms with van der Waals surface area (Å²) in [5.41, 5.74) is 1.36. The summed E-state index contributed by atoms with van der Waals surface area (Å²) in [6, 6.07) is 10.7. The smallest absolute Gasteiger partial charge is 0.251 e. The molecule has 2 amide bonds. The van der Waals surface area contributed by atoms with Crippen LogP contribution in [0.4, 0.5) is 5.82 Å². The number of piperazine rings is 1. The standard InChI is InChI=1S/C21H27N5O3/c1-25-8-10-26(11-9-25)19-7-6-16(13-22-19)14-23-20(27)15-24-21(28)17-4-3-5-18(12-17)29-2/h3-7,12-13H,8-11,14-15H2,1-2H3,(H,23,27)(H,24,28). The Morgan fingerprint density at radius 1 is 1.10 bits per heavy atom. The van der Waals surface area contributed by atoms with E-state index in [0.29, 0.717) is 17.9 Å². The SMILES string of the molecule is COc1cccc(C(=O)NCC(=O)NCc2ccc(N3CCN(C)CC3)nc2)c1. The Labute approximate surface area is 170 Å². The van der Waals surface area contributed by atoms with Gasteiger partial charge in [0.25, 0.3) is 5.91 Å². The van der Waals surface area contributed by atoms with Gasteiger partial charge in [0.2, 0.25) is 5.91 Å². The lowest BCUT2D eigenvalue weighted by Gasteiger charge is -2.33. The molecule has 0 bridgehead atoms. The van der Waals surface area contributed by atoms with Crippen LogP contribution in [0.3, 0.4) is 0 Å². The molecule has 29 heavy (non-hydrogen) atoms. The zero-order valence-corrected chi connectivity index (χ0v) is 16.9. The van der Waals surface area contributed by atoms with E-state index in [9.17, 15) is 9.59 Å². The number of benzene rings is 1. The fraction of sp³-hybridized carbons (Fsp3) is 0.381. The van der Waals surface area contributed by atoms with Gasteiger partial charge in [-0.1, -0.05) is 12.1 Å². The Morgan fingerprint density at radius 3 is 2.59 bits per heavy atom. The average Bonchev–Trinajstić information content (AvgIpc) is 2.77. The summed E-state index contributed by atoms with van der Waals surface area (Å²) in [6.07, 6.45) is 1.78. The maximum atomic E-state index is 12.1. The Kier molecular flexibility index (Phi) is 7.02. The number of pyridine rings is 1. The van der Waals surface area contributed by atoms with Gasteiger partial charge in [-0.15, -0.1) is 0 Å². The van der Waals surface area contributed by atoms with E-state index in [-0.39, 0.29) is 18.4 Å². The van der Waals surface area contributed by atoms with Crippen LogP contribution in [0.25, 0.3) is 0 Å². The molecule has 1 fully saturated rings. The van der Waals surface area contributed by atoms with Crippen molar-refractivity contribution in [2.45, 2.75) is 6.54 Å². The molecule has 8 heteroatoms. The molecule has 1 aliphatic rings. The maximum absolute atomic E-state index is 12.1. The largest absolute Gasteiger partial charge is 0.497 e. The van der Waals surface area contributed by atoms with Crippen LogP contribution in [-0.4, -0.2) is 68.6 Å². The molecule has 0 unspecified atom stereocenters. The van der Waals surface area contributed by atoms with Gasteiger partial charge in [0.05, 0.1) is 13.7 Å². The lowest BCUT2D eigenvalue weighted by atomic mass is 10.2. The topological polar surface area (TPSA) is 86.8 Å². The van der Waals surface area contributed by atoms with Gasteiger partial charge < -0.3 is 25.2 Å². The molecule has 2 heterocycles. The molecule has 0 radical (unpaired) electrons. The molecule has 2 aromatic rings. The molecular formula is C21H27N5O3. The van der Waals surface area contributed by atoms with Crippen LogP contribution < -0.4 is 20.3 Å². The zero-order chi connectivity index (χ0) is 20.6. The number of nitrogens with zero attached hydrogens (tertiary/aromatic N) is 3. The number of carbonyl (C=O) groups is 2. The summed E-state index contributed by atoms with van der Waals surface area (Å²) in [5.74, 6) is 0.968. The molecule has 0 atom stereocenters. The van der Waals surface area contributed by atoms with Gasteiger partial charge in [-0.05, 0) is 36.9 Å². The van der Waals surface area contributed by atoms with Crippen LogP contribution in [0, 0.1) is 0 Å². The Bertz CT molecular complexity index is 832. The summed E-state index contributed by atoms with van der Waals surface area (Å²) in [5, 5.41) is 5.40. The van der Waals surface area contributed by atoms with Gasteiger partial charge in [-0.3, -0.25) is 9.59 Å². The van der Waals surface area contributed by atoms with Gasteiger partial charge >= 0.3 is 0 Å². The second-order valence-electron chi connectivity index (χ2n) is 7.01. The minimum atomic E-state index is -0.322. The summed E-state index contributed by atoms with van der Waals surface area (Å²) >= 11 is 0. The van der Waals surface area contributed by atoms with Crippen molar-refractivity contribution in [3.63, 3.8) is 0 Å². The number of methoxy groups -OCH3 is 1. The summed E-state index contributed by atoms with van der Waals surface area (Å²) in [6.45, 7) is 4.26. The predicted molar refractivity (Wildman–Crippen MR) is 111 cm³/mol. The van der Waals surface area contributed by atoms with E-state index in [1.807, 2.05) is 12.1 Å². The minimum Gasteiger partial charge on any atom is -0.497 e. The molecule has 2 N–H and O–H groups in total. The lowest BCUT2D eigenvalue weighted by Crippen LogP contribution is -2.44. The van der Waals surface area contributed by atoms with Crippen molar-refractivity contribution in [1.82, 2.24) is 20.5 Å². The number of aromatic nitrogens is 1. The first-order valence-corrected chi connectivity index (χ1v) is 9.62. The van der Waals surface area contributed by atoms with E-state index in [1.54, 1.807) is 30.5 Å². The minimum absolute atomic E-state index is 0.0944. The van der Waals surface area contributed by atoms with Crippen LogP contribution in [0.2, 0.25) is 0 Å². The molecule has 0 spiro atoms. The number of ether oxygens (including phenoxy) is 1. The van der Waals surface area contributed by atoms with E-state index < -0.39 is 0 Å². The lowest BCUT2D eigenvalue weighted by molar-refractivity contribution is -0.120. The Hall–Kier alpha value is -3.13. The van der Waals surface area contributed by atoms with E-state index >= 15 is 0 Å². The quantitative estimate of drug-likeness (QED) is 0.722. The molecule has 1 aromatic carbocycles. The van der Waals surface area contributed by atoms with Crippen molar-refractivity contribution < 1.29 is 14.3 Å². The van der Waals surface area contributed by atoms with Crippen molar-refractivity contribution in [2.75, 3.05) is 51.8 Å². The van der Waals surface area contributed by atoms with Crippen molar-refractivity contribution in [3.8, 4) is 5.75 Å². The first kappa shape index (κ1) is 20.6. The van der Waals surface area contributed by atoms with Gasteiger partial charge in [0.15, 0.2) is 0 Å². The first-order chi connectivity index (χ1) is 14.0. The highest BCUT2D eigenvalue weighted by Gasteiger charge is 2.15. The van der Waals surface area contributed by atoms with Crippen molar-refractivity contribution in [1.29, 1.82) is 0 Å². The number of likely N-dealkylation sites (N-methyl/N-ethyl adjacent to an activating group) is 1. The van der Waals surface area contributed by atoms with Gasteiger partial charge in [-0.25, -0.2) is 4.98 Å². The second-order valence-corrected chi connectivity index (χ2v) is 7.01. The fourth-order valence-corrected chi connectivity index (χ4v) is 3.03. The summed E-state index contributed by atoms with van der Waals surface area (Å²) in [4.78, 5) is 33.2. The molecule has 0 saturated carbocycles. The van der Waals surface area contributed by atoms with Crippen LogP contribution in [-0.2, 0) is 11.3 Å². The van der Waals surface area contributed by atoms with Gasteiger partial charge in [-0.2, -0.15) is 0 Å². The summed E-state index contributed by atoms with van der Waals surface area (Å²) < 4.78 is 5.10. The predicted octanol–water partition coefficient (Wildman–Crippen LogP) is 0.888. The average molecular weight is 397 g/mol. The molecule has 3 rings (SSSR count). The Balaban J connectivity index is 1.42. The van der Waals surface area contributed by atoms with Crippen LogP contribution >= 0.6 is 0 Å². The van der Waals surface area contributed by atoms with Crippen LogP contribution in [0.1, 0.15) is 15.9 Å². The van der Waals surface area contributed by atoms with Crippen LogP contribution in [0.5, 0.6) is 5.75 Å². The third-order valence-electron chi connectivity index (χ3n) is 4.87. The van der Waals surface area contributed by atoms with Crippen molar-refractivity contribution in [3.05, 3.63) is 53.7 Å². The molecule has 0 aliphatic carbocycles. The number of amides is 2. The maximum Gasteiger partial charge on any atom is 0.251 e. The number of nitrogens with one attached hydrogen (secondary N) is 2. The van der Waals surface area contributed by atoms with E-state index in [2.05, 4.69) is 32.5 Å². The van der Waals surface area contributed by atoms with E-state index in [0.717, 1.165) is 37.6 Å². The van der Waals surface area contributed by atoms with Gasteiger partial charge in [0, 0.05) is 44.5 Å². The first-order valence-electron chi connectivity index (χ1n) is 9.62. The van der Waals surface area contributed by atoms with E-state index in [1.165, 1.54) is 7.11 Å². The van der Waals surface area contributed by atoms with E-state index in [4.69, 9.17) is 4.74 Å². The third kappa shape index (κ3) is 5.92. The molecule has 8 nitrogen and oxygen atoms in total. The number of anilines is 1. The number of hydrogen-bond acceptors (Lipinski definition) is 6. The van der Waals surface area contributed by atoms with Gasteiger partial charge in [0.1, 0.15) is 11.6 Å². The summed E-state index contributed by atoms with van der Waals surface area (Å²) in [7, 11) is 3.66. The van der Waals surface area contributed by atoms with Crippen molar-refractivity contribution >= 4 is 17.6 Å². The number of hydrogen-bond donors (Lipinski definition) is 2. The number of carbonyl (C=O) groups excluding carboxylic acids is 2. The monoisotopic (exact) mass is 397 g/mol. The van der Waals surface area contributed by atoms with Crippen LogP contribution in [0.15, 0.2) is 42.6 Å². The molecule has 1 aliphatic heterocycles. The highest BCUT2D eigenvalue weighted by molar-refractivity contribution is 5.96. The zero-order valence-electron chi connectivity index (χ0n) is 16.9. The highest BCUT2D eigenvalue weighted by Crippen LogP contribution is 2.14. The Morgan fingerprint density at radius 2 is 1.90 bits per heavy atom. The second kappa shape index (κ2) is 9.88. The fourth-order valence-electron chi connectivity index (χ4n) is 3.03.